The summed E-state index contributed by atoms with van der Waals surface area (Å²) in [6, 6.07) is 9.11. The maximum atomic E-state index is 12.9. The molecule has 0 bridgehead atoms. The Balaban J connectivity index is 2.42. The van der Waals surface area contributed by atoms with Crippen LogP contribution in [0.25, 0.3) is 0 Å². The molecule has 0 aliphatic rings. The van der Waals surface area contributed by atoms with E-state index in [1.807, 2.05) is 50.4 Å². The van der Waals surface area contributed by atoms with E-state index in [0.29, 0.717) is 15.9 Å². The minimum Gasteiger partial charge on any atom is -0.207 e. The molecule has 0 unspecified atom stereocenters. The standard InChI is InChI=1S/C15H18BrNO2S2/c1-11(2)17(10-13-5-4-8-20-13)21(18,19)15-7-6-12(3)9-14(15)16/h4-9,11H,10H2,1-3H3. The zero-order valence-corrected chi connectivity index (χ0v) is 15.4. The molecular weight excluding hydrogens is 370 g/mol. The van der Waals surface area contributed by atoms with Crippen LogP contribution in [-0.4, -0.2) is 18.8 Å². The number of hydrogen-bond acceptors (Lipinski definition) is 3. The Labute approximate surface area is 138 Å². The molecule has 1 heterocycles. The predicted molar refractivity (Wildman–Crippen MR) is 91.1 cm³/mol. The Hall–Kier alpha value is -0.690. The van der Waals surface area contributed by atoms with E-state index >= 15 is 0 Å². The van der Waals surface area contributed by atoms with Gasteiger partial charge in [-0.3, -0.25) is 0 Å². The lowest BCUT2D eigenvalue weighted by molar-refractivity contribution is 0.350. The monoisotopic (exact) mass is 387 g/mol. The highest BCUT2D eigenvalue weighted by Gasteiger charge is 2.29. The lowest BCUT2D eigenvalue weighted by Crippen LogP contribution is -2.36. The number of benzene rings is 1. The summed E-state index contributed by atoms with van der Waals surface area (Å²) in [7, 11) is -3.53. The lowest BCUT2D eigenvalue weighted by Gasteiger charge is -2.26. The fraction of sp³-hybridized carbons (Fsp3) is 0.333. The number of sulfonamides is 1. The van der Waals surface area contributed by atoms with Crippen LogP contribution in [-0.2, 0) is 16.6 Å². The Morgan fingerprint density at radius 2 is 2.00 bits per heavy atom. The molecule has 114 valence electrons. The van der Waals surface area contributed by atoms with E-state index in [0.717, 1.165) is 10.4 Å². The van der Waals surface area contributed by atoms with Gasteiger partial charge in [0.25, 0.3) is 0 Å². The van der Waals surface area contributed by atoms with Crippen molar-refractivity contribution in [3.05, 3.63) is 50.6 Å². The molecule has 0 saturated carbocycles. The third-order valence-electron chi connectivity index (χ3n) is 3.14. The van der Waals surface area contributed by atoms with Crippen LogP contribution in [0.3, 0.4) is 0 Å². The highest BCUT2D eigenvalue weighted by Crippen LogP contribution is 2.29. The second kappa shape index (κ2) is 6.60. The van der Waals surface area contributed by atoms with Gasteiger partial charge in [-0.05, 0) is 65.8 Å². The first-order chi connectivity index (χ1) is 9.82. The van der Waals surface area contributed by atoms with Gasteiger partial charge in [-0.25, -0.2) is 8.42 Å². The van der Waals surface area contributed by atoms with Crippen molar-refractivity contribution in [3.8, 4) is 0 Å². The van der Waals surface area contributed by atoms with Crippen LogP contribution in [0.15, 0.2) is 45.1 Å². The molecule has 0 amide bonds. The SMILES string of the molecule is Cc1ccc(S(=O)(=O)N(Cc2cccs2)C(C)C)c(Br)c1. The van der Waals surface area contributed by atoms with Crippen LogP contribution < -0.4 is 0 Å². The molecule has 2 rings (SSSR count). The second-order valence-corrected chi connectivity index (χ2v) is 8.90. The largest absolute Gasteiger partial charge is 0.244 e. The number of hydrogen-bond donors (Lipinski definition) is 0. The molecule has 0 saturated heterocycles. The van der Waals surface area contributed by atoms with Gasteiger partial charge in [0.05, 0.1) is 4.90 Å². The number of nitrogens with zero attached hydrogens (tertiary/aromatic N) is 1. The van der Waals surface area contributed by atoms with Gasteiger partial charge in [0.15, 0.2) is 0 Å². The van der Waals surface area contributed by atoms with Crippen LogP contribution in [0.4, 0.5) is 0 Å². The number of aryl methyl sites for hydroxylation is 1. The summed E-state index contributed by atoms with van der Waals surface area (Å²) in [6.45, 7) is 6.13. The van der Waals surface area contributed by atoms with Crippen molar-refractivity contribution >= 4 is 37.3 Å². The molecule has 0 fully saturated rings. The van der Waals surface area contributed by atoms with Crippen molar-refractivity contribution in [1.82, 2.24) is 4.31 Å². The third kappa shape index (κ3) is 3.74. The number of halogens is 1. The molecule has 0 atom stereocenters. The summed E-state index contributed by atoms with van der Waals surface area (Å²) in [6.07, 6.45) is 0. The van der Waals surface area contributed by atoms with Crippen molar-refractivity contribution in [2.75, 3.05) is 0 Å². The Kier molecular flexibility index (Phi) is 5.24. The molecule has 0 N–H and O–H groups in total. The van der Waals surface area contributed by atoms with Crippen molar-refractivity contribution < 1.29 is 8.42 Å². The van der Waals surface area contributed by atoms with E-state index in [1.54, 1.807) is 17.4 Å². The zero-order chi connectivity index (χ0) is 15.6. The minimum atomic E-state index is -3.53. The van der Waals surface area contributed by atoms with Gasteiger partial charge in [-0.2, -0.15) is 4.31 Å². The van der Waals surface area contributed by atoms with Crippen LogP contribution in [0.2, 0.25) is 0 Å². The molecule has 6 heteroatoms. The molecule has 0 aliphatic heterocycles. The smallest absolute Gasteiger partial charge is 0.207 e. The predicted octanol–water partition coefficient (Wildman–Crippen LogP) is 4.42. The van der Waals surface area contributed by atoms with E-state index in [-0.39, 0.29) is 6.04 Å². The molecule has 3 nitrogen and oxygen atoms in total. The van der Waals surface area contributed by atoms with E-state index < -0.39 is 10.0 Å². The summed E-state index contributed by atoms with van der Waals surface area (Å²) in [5.41, 5.74) is 1.02. The van der Waals surface area contributed by atoms with Crippen molar-refractivity contribution in [1.29, 1.82) is 0 Å². The van der Waals surface area contributed by atoms with E-state index in [9.17, 15) is 8.42 Å². The average Bonchev–Trinajstić information content (AvgIpc) is 2.87. The molecular formula is C15H18BrNO2S2. The molecule has 1 aromatic heterocycles. The molecule has 1 aromatic carbocycles. The van der Waals surface area contributed by atoms with Crippen LogP contribution in [0, 0.1) is 6.92 Å². The quantitative estimate of drug-likeness (QED) is 0.761. The molecule has 21 heavy (non-hydrogen) atoms. The highest BCUT2D eigenvalue weighted by molar-refractivity contribution is 9.10. The minimum absolute atomic E-state index is 0.106. The van der Waals surface area contributed by atoms with Crippen LogP contribution >= 0.6 is 27.3 Å². The van der Waals surface area contributed by atoms with Gasteiger partial charge >= 0.3 is 0 Å². The zero-order valence-electron chi connectivity index (χ0n) is 12.2. The van der Waals surface area contributed by atoms with Gasteiger partial charge in [-0.15, -0.1) is 11.3 Å². The number of rotatable bonds is 5. The van der Waals surface area contributed by atoms with Crippen LogP contribution in [0.5, 0.6) is 0 Å². The first kappa shape index (κ1) is 16.7. The molecule has 0 spiro atoms. The summed E-state index contributed by atoms with van der Waals surface area (Å²) in [4.78, 5) is 1.36. The van der Waals surface area contributed by atoms with Gasteiger partial charge < -0.3 is 0 Å². The Morgan fingerprint density at radius 3 is 2.52 bits per heavy atom. The van der Waals surface area contributed by atoms with E-state index in [1.165, 1.54) is 4.31 Å². The van der Waals surface area contributed by atoms with E-state index in [2.05, 4.69) is 15.9 Å². The fourth-order valence-corrected chi connectivity index (χ4v) is 5.60. The van der Waals surface area contributed by atoms with Crippen LogP contribution in [0.1, 0.15) is 24.3 Å². The van der Waals surface area contributed by atoms with E-state index in [4.69, 9.17) is 0 Å². The summed E-state index contributed by atoms with van der Waals surface area (Å²) in [5.74, 6) is 0. The van der Waals surface area contributed by atoms with Crippen molar-refractivity contribution in [2.24, 2.45) is 0 Å². The summed E-state index contributed by atoms with van der Waals surface area (Å²) < 4.78 is 28.0. The first-order valence-corrected chi connectivity index (χ1v) is 9.74. The molecule has 0 radical (unpaired) electrons. The average molecular weight is 388 g/mol. The maximum Gasteiger partial charge on any atom is 0.244 e. The third-order valence-corrected chi connectivity index (χ3v) is 7.00. The second-order valence-electron chi connectivity index (χ2n) is 5.16. The fourth-order valence-electron chi connectivity index (χ4n) is 2.04. The van der Waals surface area contributed by atoms with Gasteiger partial charge in [0.1, 0.15) is 0 Å². The Morgan fingerprint density at radius 1 is 1.29 bits per heavy atom. The summed E-state index contributed by atoms with van der Waals surface area (Å²) >= 11 is 4.94. The van der Waals surface area contributed by atoms with Gasteiger partial charge in [0.2, 0.25) is 10.0 Å². The molecule has 0 aliphatic carbocycles. The topological polar surface area (TPSA) is 37.4 Å². The Bertz CT molecular complexity index is 709. The van der Waals surface area contributed by atoms with Gasteiger partial charge in [0, 0.05) is 21.9 Å². The maximum absolute atomic E-state index is 12.9. The molecule has 2 aromatic rings. The van der Waals surface area contributed by atoms with Crippen molar-refractivity contribution in [3.63, 3.8) is 0 Å². The normalized spacial score (nSPS) is 12.3. The van der Waals surface area contributed by atoms with Crippen molar-refractivity contribution in [2.45, 2.75) is 38.3 Å². The van der Waals surface area contributed by atoms with Gasteiger partial charge in [-0.1, -0.05) is 12.1 Å². The number of thiophene rings is 1. The highest BCUT2D eigenvalue weighted by atomic mass is 79.9. The summed E-state index contributed by atoms with van der Waals surface area (Å²) in [5, 5.41) is 1.96. The first-order valence-electron chi connectivity index (χ1n) is 6.62. The lowest BCUT2D eigenvalue weighted by atomic mass is 10.2.